The van der Waals surface area contributed by atoms with Crippen LogP contribution in [0.3, 0.4) is 0 Å². The molecule has 5 rings (SSSR count). The van der Waals surface area contributed by atoms with Gasteiger partial charge in [0.15, 0.2) is 5.13 Å². The Morgan fingerprint density at radius 1 is 1.21 bits per heavy atom. The number of nitrogens with zero attached hydrogens (tertiary/aromatic N) is 3. The number of hydrogen-bond acceptors (Lipinski definition) is 7. The first-order chi connectivity index (χ1) is 15.8. The highest BCUT2D eigenvalue weighted by Gasteiger charge is 2.18. The quantitative estimate of drug-likeness (QED) is 0.445. The van der Waals surface area contributed by atoms with Gasteiger partial charge in [0.05, 0.1) is 41.6 Å². The number of carbonyl (C=O) groups is 1. The molecule has 8 nitrogen and oxygen atoms in total. The Kier molecular flexibility index (Phi) is 5.77. The molecule has 0 saturated carbocycles. The zero-order chi connectivity index (χ0) is 23.2. The lowest BCUT2D eigenvalue weighted by Crippen LogP contribution is -2.36. The van der Waals surface area contributed by atoms with Crippen LogP contribution in [0.15, 0.2) is 42.6 Å². The molecule has 0 bridgehead atoms. The second kappa shape index (κ2) is 8.60. The Morgan fingerprint density at radius 2 is 2.00 bits per heavy atom. The Bertz CT molecular complexity index is 1470. The van der Waals surface area contributed by atoms with Crippen LogP contribution in [0.25, 0.3) is 21.1 Å². The van der Waals surface area contributed by atoms with Crippen LogP contribution in [0.2, 0.25) is 5.02 Å². The number of amides is 1. The van der Waals surface area contributed by atoms with Crippen LogP contribution in [0.4, 0.5) is 10.8 Å². The predicted octanol–water partition coefficient (Wildman–Crippen LogP) is 3.73. The average molecular weight is 505 g/mol. The third-order valence-corrected chi connectivity index (χ3v) is 7.70. The van der Waals surface area contributed by atoms with Gasteiger partial charge in [-0.2, -0.15) is 0 Å². The molecular formula is C22H21ClN4O4S2. The molecule has 1 fully saturated rings. The van der Waals surface area contributed by atoms with Crippen molar-refractivity contribution in [2.75, 3.05) is 42.8 Å². The number of nitrogens with one attached hydrogen (secondary N) is 1. The van der Waals surface area contributed by atoms with Crippen LogP contribution >= 0.6 is 22.9 Å². The molecule has 11 heteroatoms. The summed E-state index contributed by atoms with van der Waals surface area (Å²) >= 11 is 7.52. The van der Waals surface area contributed by atoms with E-state index >= 15 is 0 Å². The molecule has 1 saturated heterocycles. The first-order valence-corrected chi connectivity index (χ1v) is 13.4. The SMILES string of the molecule is CS(=O)(=O)n1cc(CC(=O)Nc2nc3ccc(N4CCOCC4)cc3s2)c2cc(Cl)ccc21. The molecule has 1 aliphatic rings. The first-order valence-electron chi connectivity index (χ1n) is 10.3. The van der Waals surface area contributed by atoms with Gasteiger partial charge < -0.3 is 15.0 Å². The minimum Gasteiger partial charge on any atom is -0.378 e. The molecule has 4 aromatic rings. The maximum atomic E-state index is 12.8. The van der Waals surface area contributed by atoms with Crippen molar-refractivity contribution in [3.63, 3.8) is 0 Å². The van der Waals surface area contributed by atoms with Crippen LogP contribution in [0, 0.1) is 0 Å². The molecule has 0 spiro atoms. The molecule has 172 valence electrons. The van der Waals surface area contributed by atoms with Crippen LogP contribution < -0.4 is 10.2 Å². The van der Waals surface area contributed by atoms with Gasteiger partial charge in [0, 0.05) is 35.4 Å². The summed E-state index contributed by atoms with van der Waals surface area (Å²) in [6.07, 6.45) is 2.59. The standard InChI is InChI=1S/C22H21ClN4O4S2/c1-33(29,30)27-13-14(17-11-15(23)2-5-19(17)27)10-21(28)25-22-24-18-4-3-16(12-20(18)32-22)26-6-8-31-9-7-26/h2-5,11-13H,6-10H2,1H3,(H,24,25,28). The summed E-state index contributed by atoms with van der Waals surface area (Å²) < 4.78 is 31.9. The number of fused-ring (bicyclic) bond motifs is 2. The number of morpholine rings is 1. The first kappa shape index (κ1) is 22.1. The third kappa shape index (κ3) is 4.56. The summed E-state index contributed by atoms with van der Waals surface area (Å²) in [5.74, 6) is -0.282. The van der Waals surface area contributed by atoms with Crippen molar-refractivity contribution in [2.24, 2.45) is 0 Å². The molecule has 2 aromatic heterocycles. The van der Waals surface area contributed by atoms with Crippen molar-refractivity contribution in [3.8, 4) is 0 Å². The van der Waals surface area contributed by atoms with Gasteiger partial charge in [0.2, 0.25) is 15.9 Å². The zero-order valence-corrected chi connectivity index (χ0v) is 20.1. The highest BCUT2D eigenvalue weighted by Crippen LogP contribution is 2.31. The Hall–Kier alpha value is -2.66. The molecule has 1 amide bonds. The van der Waals surface area contributed by atoms with Crippen molar-refractivity contribution in [2.45, 2.75) is 6.42 Å². The van der Waals surface area contributed by atoms with E-state index in [0.717, 1.165) is 35.2 Å². The monoisotopic (exact) mass is 504 g/mol. The minimum atomic E-state index is -3.53. The molecule has 0 radical (unpaired) electrons. The predicted molar refractivity (Wildman–Crippen MR) is 132 cm³/mol. The molecule has 33 heavy (non-hydrogen) atoms. The minimum absolute atomic E-state index is 0.00564. The van der Waals surface area contributed by atoms with E-state index in [9.17, 15) is 13.2 Å². The van der Waals surface area contributed by atoms with E-state index < -0.39 is 10.0 Å². The van der Waals surface area contributed by atoms with Crippen LogP contribution in [0.5, 0.6) is 0 Å². The van der Waals surface area contributed by atoms with E-state index in [1.54, 1.807) is 18.2 Å². The van der Waals surface area contributed by atoms with Gasteiger partial charge >= 0.3 is 0 Å². The van der Waals surface area contributed by atoms with Crippen LogP contribution in [-0.4, -0.2) is 55.8 Å². The number of thiazole rings is 1. The fraction of sp³-hybridized carbons (Fsp3) is 0.273. The van der Waals surface area contributed by atoms with Crippen molar-refractivity contribution in [1.29, 1.82) is 0 Å². The summed E-state index contributed by atoms with van der Waals surface area (Å²) in [5, 5.41) is 4.45. The summed E-state index contributed by atoms with van der Waals surface area (Å²) in [6, 6.07) is 11.0. The summed E-state index contributed by atoms with van der Waals surface area (Å²) in [7, 11) is -3.53. The number of hydrogen-bond donors (Lipinski definition) is 1. The Balaban J connectivity index is 1.38. The Morgan fingerprint density at radius 3 is 2.76 bits per heavy atom. The second-order valence-electron chi connectivity index (χ2n) is 7.87. The molecule has 3 heterocycles. The normalized spacial score (nSPS) is 14.8. The maximum absolute atomic E-state index is 12.8. The fourth-order valence-corrected chi connectivity index (χ4v) is 5.90. The number of rotatable bonds is 5. The topological polar surface area (TPSA) is 93.5 Å². The fourth-order valence-electron chi connectivity index (χ4n) is 3.97. The second-order valence-corrected chi connectivity index (χ2v) is 11.2. The van der Waals surface area contributed by atoms with Crippen molar-refractivity contribution in [3.05, 3.63) is 53.2 Å². The van der Waals surface area contributed by atoms with Crippen molar-refractivity contribution < 1.29 is 17.9 Å². The summed E-state index contributed by atoms with van der Waals surface area (Å²) in [5.41, 5.74) is 2.98. The largest absolute Gasteiger partial charge is 0.378 e. The maximum Gasteiger partial charge on any atom is 0.236 e. The number of benzene rings is 2. The zero-order valence-electron chi connectivity index (χ0n) is 17.7. The third-order valence-electron chi connectivity index (χ3n) is 5.52. The molecular weight excluding hydrogens is 484 g/mol. The molecule has 0 atom stereocenters. The van der Waals surface area contributed by atoms with E-state index in [2.05, 4.69) is 21.3 Å². The molecule has 0 unspecified atom stereocenters. The molecule has 1 aliphatic heterocycles. The van der Waals surface area contributed by atoms with Crippen molar-refractivity contribution in [1.82, 2.24) is 8.96 Å². The van der Waals surface area contributed by atoms with E-state index in [1.165, 1.54) is 21.5 Å². The highest BCUT2D eigenvalue weighted by atomic mass is 35.5. The average Bonchev–Trinajstić information content (AvgIpc) is 3.34. The smallest absolute Gasteiger partial charge is 0.236 e. The summed E-state index contributed by atoms with van der Waals surface area (Å²) in [4.78, 5) is 19.6. The number of anilines is 2. The van der Waals surface area contributed by atoms with Gasteiger partial charge in [0.1, 0.15) is 0 Å². The van der Waals surface area contributed by atoms with E-state index in [0.29, 0.717) is 39.8 Å². The van der Waals surface area contributed by atoms with E-state index in [4.69, 9.17) is 16.3 Å². The van der Waals surface area contributed by atoms with Gasteiger partial charge in [-0.3, -0.25) is 4.79 Å². The van der Waals surface area contributed by atoms with Gasteiger partial charge in [-0.15, -0.1) is 0 Å². The lowest BCUT2D eigenvalue weighted by molar-refractivity contribution is -0.115. The van der Waals surface area contributed by atoms with Gasteiger partial charge in [0.25, 0.3) is 0 Å². The van der Waals surface area contributed by atoms with E-state index in [1.807, 2.05) is 12.1 Å². The van der Waals surface area contributed by atoms with Crippen molar-refractivity contribution >= 4 is 70.8 Å². The molecule has 1 N–H and O–H groups in total. The van der Waals surface area contributed by atoms with Gasteiger partial charge in [-0.05, 0) is 42.0 Å². The molecule has 0 aliphatic carbocycles. The Labute approximate surface area is 199 Å². The number of ether oxygens (including phenoxy) is 1. The lowest BCUT2D eigenvalue weighted by Gasteiger charge is -2.28. The number of aromatic nitrogens is 2. The van der Waals surface area contributed by atoms with Crippen LogP contribution in [0.1, 0.15) is 5.56 Å². The van der Waals surface area contributed by atoms with Gasteiger partial charge in [-0.25, -0.2) is 17.4 Å². The van der Waals surface area contributed by atoms with Crippen LogP contribution in [-0.2, 0) is 26.0 Å². The van der Waals surface area contributed by atoms with Gasteiger partial charge in [-0.1, -0.05) is 22.9 Å². The number of carbonyl (C=O) groups excluding carboxylic acids is 1. The highest BCUT2D eigenvalue weighted by molar-refractivity contribution is 7.89. The number of halogens is 1. The summed E-state index contributed by atoms with van der Waals surface area (Å²) in [6.45, 7) is 3.12. The van der Waals surface area contributed by atoms with E-state index in [-0.39, 0.29) is 12.3 Å². The lowest BCUT2D eigenvalue weighted by atomic mass is 10.1. The molecule has 2 aromatic carbocycles.